The first kappa shape index (κ1) is 19.8. The summed E-state index contributed by atoms with van der Waals surface area (Å²) in [5, 5.41) is 3.91. The second-order valence-corrected chi connectivity index (χ2v) is 8.35. The number of aryl methyl sites for hydroxylation is 1. The van der Waals surface area contributed by atoms with Crippen molar-refractivity contribution in [3.63, 3.8) is 0 Å². The Kier molecular flexibility index (Phi) is 6.05. The number of hydrogen-bond donors (Lipinski definition) is 2. The minimum absolute atomic E-state index is 0.0734. The lowest BCUT2D eigenvalue weighted by Crippen LogP contribution is -2.43. The highest BCUT2D eigenvalue weighted by atomic mass is 35.5. The van der Waals surface area contributed by atoms with Crippen LogP contribution >= 0.6 is 11.6 Å². The van der Waals surface area contributed by atoms with Crippen molar-refractivity contribution < 1.29 is 4.79 Å². The molecule has 1 saturated heterocycles. The van der Waals surface area contributed by atoms with Crippen LogP contribution in [0.15, 0.2) is 48.5 Å². The molecule has 1 aliphatic rings. The van der Waals surface area contributed by atoms with E-state index in [-0.39, 0.29) is 17.9 Å². The molecule has 1 fully saturated rings. The van der Waals surface area contributed by atoms with E-state index in [9.17, 15) is 4.79 Å². The number of amides is 1. The molecule has 1 unspecified atom stereocenters. The molecule has 1 amide bonds. The molecule has 2 heterocycles. The molecule has 3 aromatic rings. The van der Waals surface area contributed by atoms with Gasteiger partial charge in [-0.05, 0) is 56.4 Å². The Morgan fingerprint density at radius 3 is 2.76 bits per heavy atom. The van der Waals surface area contributed by atoms with Gasteiger partial charge >= 0.3 is 0 Å². The van der Waals surface area contributed by atoms with Gasteiger partial charge in [0.05, 0.1) is 11.0 Å². The van der Waals surface area contributed by atoms with Crippen molar-refractivity contribution in [2.45, 2.75) is 38.6 Å². The van der Waals surface area contributed by atoms with Crippen LogP contribution in [0.4, 0.5) is 5.95 Å². The summed E-state index contributed by atoms with van der Waals surface area (Å²) < 4.78 is 0. The fraction of sp³-hybridized carbons (Fsp3) is 0.391. The van der Waals surface area contributed by atoms with Crippen molar-refractivity contribution in [2.24, 2.45) is 5.92 Å². The summed E-state index contributed by atoms with van der Waals surface area (Å²) >= 11 is 6.06. The molecule has 5 nitrogen and oxygen atoms in total. The molecule has 0 bridgehead atoms. The minimum atomic E-state index is 0.0734. The van der Waals surface area contributed by atoms with Crippen LogP contribution in [0.25, 0.3) is 11.0 Å². The second-order valence-electron chi connectivity index (χ2n) is 7.92. The fourth-order valence-electron chi connectivity index (χ4n) is 3.93. The first-order valence-electron chi connectivity index (χ1n) is 10.3. The average molecular weight is 411 g/mol. The highest BCUT2D eigenvalue weighted by molar-refractivity contribution is 6.31. The van der Waals surface area contributed by atoms with Crippen LogP contribution in [0.2, 0.25) is 5.02 Å². The number of hydrogen-bond acceptors (Lipinski definition) is 3. The summed E-state index contributed by atoms with van der Waals surface area (Å²) in [6, 6.07) is 16.3. The molecule has 1 aliphatic heterocycles. The van der Waals surface area contributed by atoms with Crippen molar-refractivity contribution in [1.29, 1.82) is 0 Å². The number of benzene rings is 2. The number of carbonyl (C=O) groups is 1. The number of H-pyrrole nitrogens is 1. The monoisotopic (exact) mass is 410 g/mol. The van der Waals surface area contributed by atoms with Crippen molar-refractivity contribution in [3.8, 4) is 0 Å². The Morgan fingerprint density at radius 2 is 2.00 bits per heavy atom. The minimum Gasteiger partial charge on any atom is -0.353 e. The Labute approximate surface area is 176 Å². The predicted molar refractivity (Wildman–Crippen MR) is 118 cm³/mol. The lowest BCUT2D eigenvalue weighted by Gasteiger charge is -2.31. The van der Waals surface area contributed by atoms with Crippen LogP contribution in [-0.2, 0) is 11.2 Å². The number of halogens is 1. The van der Waals surface area contributed by atoms with E-state index in [1.165, 1.54) is 5.56 Å². The van der Waals surface area contributed by atoms with Gasteiger partial charge in [-0.15, -0.1) is 0 Å². The second kappa shape index (κ2) is 8.87. The van der Waals surface area contributed by atoms with Gasteiger partial charge < -0.3 is 15.2 Å². The summed E-state index contributed by atoms with van der Waals surface area (Å²) in [5.74, 6) is 1.11. The third-order valence-electron chi connectivity index (χ3n) is 5.69. The van der Waals surface area contributed by atoms with Crippen LogP contribution in [-0.4, -0.2) is 35.0 Å². The van der Waals surface area contributed by atoms with E-state index >= 15 is 0 Å². The fourth-order valence-corrected chi connectivity index (χ4v) is 4.10. The average Bonchev–Trinajstić information content (AvgIpc) is 3.16. The van der Waals surface area contributed by atoms with E-state index in [0.717, 1.165) is 55.8 Å². The van der Waals surface area contributed by atoms with Crippen molar-refractivity contribution >= 4 is 34.5 Å². The van der Waals surface area contributed by atoms with Gasteiger partial charge in [0, 0.05) is 30.1 Å². The van der Waals surface area contributed by atoms with Crippen LogP contribution < -0.4 is 10.2 Å². The number of nitrogens with zero attached hydrogens (tertiary/aromatic N) is 2. The third kappa shape index (κ3) is 4.91. The molecule has 29 heavy (non-hydrogen) atoms. The van der Waals surface area contributed by atoms with Gasteiger partial charge in [0.1, 0.15) is 0 Å². The highest BCUT2D eigenvalue weighted by Gasteiger charge is 2.27. The third-order valence-corrected chi connectivity index (χ3v) is 5.93. The van der Waals surface area contributed by atoms with E-state index in [1.807, 2.05) is 24.3 Å². The van der Waals surface area contributed by atoms with Gasteiger partial charge in [-0.1, -0.05) is 41.9 Å². The number of piperidine rings is 1. The molecule has 0 aliphatic carbocycles. The zero-order valence-corrected chi connectivity index (χ0v) is 17.5. The van der Waals surface area contributed by atoms with E-state index < -0.39 is 0 Å². The van der Waals surface area contributed by atoms with Crippen LogP contribution in [0.1, 0.15) is 31.7 Å². The van der Waals surface area contributed by atoms with Gasteiger partial charge in [0.2, 0.25) is 11.9 Å². The van der Waals surface area contributed by atoms with Crippen LogP contribution in [0.5, 0.6) is 0 Å². The molecule has 2 aromatic carbocycles. The molecule has 2 N–H and O–H groups in total. The first-order valence-corrected chi connectivity index (χ1v) is 10.7. The highest BCUT2D eigenvalue weighted by Crippen LogP contribution is 2.25. The van der Waals surface area contributed by atoms with Crippen molar-refractivity contribution in [3.05, 3.63) is 59.1 Å². The smallest absolute Gasteiger partial charge is 0.223 e. The zero-order valence-electron chi connectivity index (χ0n) is 16.7. The Hall–Kier alpha value is -2.53. The van der Waals surface area contributed by atoms with E-state index in [1.54, 1.807) is 0 Å². The van der Waals surface area contributed by atoms with Crippen LogP contribution in [0, 0.1) is 5.92 Å². The van der Waals surface area contributed by atoms with E-state index in [0.29, 0.717) is 5.02 Å². The number of carbonyl (C=O) groups excluding carboxylic acids is 1. The topological polar surface area (TPSA) is 61.0 Å². The SMILES string of the molecule is CC(CCc1ccccc1)NC(=O)C1CCN(c2nc3ccc(Cl)cc3[nH]2)CC1. The standard InChI is InChI=1S/C23H27ClN4O/c1-16(7-8-17-5-3-2-4-6-17)25-22(29)18-11-13-28(14-12-18)23-26-20-10-9-19(24)15-21(20)27-23/h2-6,9-10,15-16,18H,7-8,11-14H2,1H3,(H,25,29)(H,26,27). The molecule has 1 atom stereocenters. The number of rotatable bonds is 6. The maximum absolute atomic E-state index is 12.7. The molecular formula is C23H27ClN4O. The Balaban J connectivity index is 1.26. The van der Waals surface area contributed by atoms with E-state index in [4.69, 9.17) is 11.6 Å². The molecule has 0 radical (unpaired) electrons. The zero-order chi connectivity index (χ0) is 20.2. The quantitative estimate of drug-likeness (QED) is 0.625. The molecule has 0 spiro atoms. The number of nitrogens with one attached hydrogen (secondary N) is 2. The first-order chi connectivity index (χ1) is 14.1. The number of fused-ring (bicyclic) bond motifs is 1. The van der Waals surface area contributed by atoms with Gasteiger partial charge in [0.15, 0.2) is 0 Å². The van der Waals surface area contributed by atoms with Crippen molar-refractivity contribution in [1.82, 2.24) is 15.3 Å². The van der Waals surface area contributed by atoms with Gasteiger partial charge in [0.25, 0.3) is 0 Å². The summed E-state index contributed by atoms with van der Waals surface area (Å²) in [5.41, 5.74) is 3.17. The molecule has 0 saturated carbocycles. The number of aromatic nitrogens is 2. The summed E-state index contributed by atoms with van der Waals surface area (Å²) in [6.07, 6.45) is 3.62. The summed E-state index contributed by atoms with van der Waals surface area (Å²) in [4.78, 5) is 22.9. The Bertz CT molecular complexity index is 963. The van der Waals surface area contributed by atoms with Crippen LogP contribution in [0.3, 0.4) is 0 Å². The number of anilines is 1. The van der Waals surface area contributed by atoms with Crippen molar-refractivity contribution in [2.75, 3.05) is 18.0 Å². The largest absolute Gasteiger partial charge is 0.353 e. The molecule has 4 rings (SSSR count). The molecule has 6 heteroatoms. The predicted octanol–water partition coefficient (Wildman–Crippen LogP) is 4.57. The van der Waals surface area contributed by atoms with Gasteiger partial charge in [-0.2, -0.15) is 0 Å². The lowest BCUT2D eigenvalue weighted by molar-refractivity contribution is -0.126. The Morgan fingerprint density at radius 1 is 1.24 bits per heavy atom. The van der Waals surface area contributed by atoms with E-state index in [2.05, 4.69) is 51.4 Å². The summed E-state index contributed by atoms with van der Waals surface area (Å²) in [6.45, 7) is 3.74. The lowest BCUT2D eigenvalue weighted by atomic mass is 9.95. The number of imidazole rings is 1. The maximum Gasteiger partial charge on any atom is 0.223 e. The molecule has 152 valence electrons. The van der Waals surface area contributed by atoms with Gasteiger partial charge in [-0.25, -0.2) is 4.98 Å². The molecular weight excluding hydrogens is 384 g/mol. The number of aromatic amines is 1. The molecule has 1 aromatic heterocycles. The summed E-state index contributed by atoms with van der Waals surface area (Å²) in [7, 11) is 0. The van der Waals surface area contributed by atoms with Gasteiger partial charge in [-0.3, -0.25) is 4.79 Å². The normalized spacial score (nSPS) is 16.1. The maximum atomic E-state index is 12.7.